The molecular formula is C14H22N2O2. The van der Waals surface area contributed by atoms with Crippen molar-refractivity contribution in [1.82, 2.24) is 5.32 Å². The molecule has 0 saturated heterocycles. The molecule has 18 heavy (non-hydrogen) atoms. The van der Waals surface area contributed by atoms with E-state index in [9.17, 15) is 4.79 Å². The minimum atomic E-state index is -0.0179. The Labute approximate surface area is 109 Å². The van der Waals surface area contributed by atoms with Gasteiger partial charge in [0.25, 0.3) is 0 Å². The molecule has 2 N–H and O–H groups in total. The monoisotopic (exact) mass is 250 g/mol. The number of amides is 1. The molecule has 0 aliphatic carbocycles. The molecule has 0 heterocycles. The maximum atomic E-state index is 11.6. The first kappa shape index (κ1) is 14.7. The Bertz CT molecular complexity index is 391. The number of hydrogen-bond donors (Lipinski definition) is 2. The Hall–Kier alpha value is -1.39. The van der Waals surface area contributed by atoms with Crippen LogP contribution in [0.25, 0.3) is 0 Å². The number of ether oxygens (including phenoxy) is 1. The van der Waals surface area contributed by atoms with E-state index in [1.165, 1.54) is 11.1 Å². The zero-order chi connectivity index (χ0) is 13.4. The van der Waals surface area contributed by atoms with Crippen LogP contribution in [-0.2, 0) is 9.53 Å². The van der Waals surface area contributed by atoms with Crippen LogP contribution >= 0.6 is 0 Å². The van der Waals surface area contributed by atoms with Crippen LogP contribution in [0.4, 0.5) is 5.69 Å². The van der Waals surface area contributed by atoms with Crippen molar-refractivity contribution in [2.24, 2.45) is 0 Å². The lowest BCUT2D eigenvalue weighted by Gasteiger charge is -2.08. The number of rotatable bonds is 7. The summed E-state index contributed by atoms with van der Waals surface area (Å²) in [6.45, 7) is 5.92. The molecule has 1 aromatic rings. The normalized spacial score (nSPS) is 10.4. The average molecular weight is 250 g/mol. The molecule has 0 radical (unpaired) electrons. The van der Waals surface area contributed by atoms with Crippen molar-refractivity contribution >= 4 is 11.6 Å². The number of methoxy groups -OCH3 is 1. The summed E-state index contributed by atoms with van der Waals surface area (Å²) in [4.78, 5) is 11.6. The van der Waals surface area contributed by atoms with Crippen LogP contribution < -0.4 is 10.6 Å². The number of carbonyl (C=O) groups is 1. The standard InChI is InChI=1S/C14H22N2O2/c1-11-5-6-13(9-12(11)2)16-14(17)10-15-7-4-8-18-3/h5-6,9,15H,4,7-8,10H2,1-3H3,(H,16,17). The largest absolute Gasteiger partial charge is 0.385 e. The van der Waals surface area contributed by atoms with Gasteiger partial charge in [-0.3, -0.25) is 4.79 Å². The number of hydrogen-bond acceptors (Lipinski definition) is 3. The molecule has 100 valence electrons. The van der Waals surface area contributed by atoms with E-state index in [1.54, 1.807) is 7.11 Å². The zero-order valence-corrected chi connectivity index (χ0v) is 11.4. The van der Waals surface area contributed by atoms with Crippen molar-refractivity contribution in [2.75, 3.05) is 32.1 Å². The second-order valence-corrected chi connectivity index (χ2v) is 4.37. The molecule has 0 bridgehead atoms. The SMILES string of the molecule is COCCCNCC(=O)Nc1ccc(C)c(C)c1. The van der Waals surface area contributed by atoms with Gasteiger partial charge in [0, 0.05) is 19.4 Å². The predicted octanol–water partition coefficient (Wildman–Crippen LogP) is 1.87. The fourth-order valence-corrected chi connectivity index (χ4v) is 1.57. The van der Waals surface area contributed by atoms with Crippen LogP contribution in [0.5, 0.6) is 0 Å². The number of nitrogens with one attached hydrogen (secondary N) is 2. The van der Waals surface area contributed by atoms with E-state index in [0.717, 1.165) is 18.7 Å². The summed E-state index contributed by atoms with van der Waals surface area (Å²) in [5, 5.41) is 5.94. The number of benzene rings is 1. The molecule has 0 spiro atoms. The van der Waals surface area contributed by atoms with Crippen LogP contribution in [0.15, 0.2) is 18.2 Å². The van der Waals surface area contributed by atoms with Gasteiger partial charge in [-0.15, -0.1) is 0 Å². The van der Waals surface area contributed by atoms with Crippen LogP contribution in [0, 0.1) is 13.8 Å². The molecular weight excluding hydrogens is 228 g/mol. The number of aryl methyl sites for hydroxylation is 2. The van der Waals surface area contributed by atoms with Gasteiger partial charge in [0.2, 0.25) is 5.91 Å². The van der Waals surface area contributed by atoms with E-state index in [1.807, 2.05) is 25.1 Å². The minimum absolute atomic E-state index is 0.0179. The van der Waals surface area contributed by atoms with Gasteiger partial charge < -0.3 is 15.4 Å². The van der Waals surface area contributed by atoms with Gasteiger partial charge in [-0.05, 0) is 50.1 Å². The van der Waals surface area contributed by atoms with E-state index < -0.39 is 0 Å². The van der Waals surface area contributed by atoms with E-state index >= 15 is 0 Å². The smallest absolute Gasteiger partial charge is 0.238 e. The van der Waals surface area contributed by atoms with E-state index in [2.05, 4.69) is 17.6 Å². The number of anilines is 1. The highest BCUT2D eigenvalue weighted by Crippen LogP contribution is 2.13. The Morgan fingerprint density at radius 3 is 2.72 bits per heavy atom. The highest BCUT2D eigenvalue weighted by atomic mass is 16.5. The molecule has 4 nitrogen and oxygen atoms in total. The quantitative estimate of drug-likeness (QED) is 0.726. The minimum Gasteiger partial charge on any atom is -0.385 e. The summed E-state index contributed by atoms with van der Waals surface area (Å²) in [6, 6.07) is 5.92. The zero-order valence-electron chi connectivity index (χ0n) is 11.4. The lowest BCUT2D eigenvalue weighted by Crippen LogP contribution is -2.29. The molecule has 0 aliphatic rings. The Kier molecular flexibility index (Phi) is 6.39. The maximum Gasteiger partial charge on any atom is 0.238 e. The fourth-order valence-electron chi connectivity index (χ4n) is 1.57. The van der Waals surface area contributed by atoms with E-state index in [4.69, 9.17) is 4.74 Å². The Morgan fingerprint density at radius 2 is 2.06 bits per heavy atom. The predicted molar refractivity (Wildman–Crippen MR) is 73.9 cm³/mol. The van der Waals surface area contributed by atoms with Gasteiger partial charge in [-0.1, -0.05) is 6.07 Å². The molecule has 0 saturated carbocycles. The Balaban J connectivity index is 2.29. The first-order chi connectivity index (χ1) is 8.63. The number of carbonyl (C=O) groups excluding carboxylic acids is 1. The molecule has 4 heteroatoms. The summed E-state index contributed by atoms with van der Waals surface area (Å²) < 4.78 is 4.93. The van der Waals surface area contributed by atoms with Gasteiger partial charge in [-0.2, -0.15) is 0 Å². The summed E-state index contributed by atoms with van der Waals surface area (Å²) in [6.07, 6.45) is 0.910. The van der Waals surface area contributed by atoms with Crippen molar-refractivity contribution < 1.29 is 9.53 Å². The van der Waals surface area contributed by atoms with Gasteiger partial charge in [0.05, 0.1) is 6.54 Å². The van der Waals surface area contributed by atoms with E-state index in [-0.39, 0.29) is 5.91 Å². The highest BCUT2D eigenvalue weighted by Gasteiger charge is 2.02. The van der Waals surface area contributed by atoms with Crippen molar-refractivity contribution in [3.63, 3.8) is 0 Å². The molecule has 0 atom stereocenters. The van der Waals surface area contributed by atoms with Gasteiger partial charge in [0.1, 0.15) is 0 Å². The van der Waals surface area contributed by atoms with Gasteiger partial charge in [0.15, 0.2) is 0 Å². The maximum absolute atomic E-state index is 11.6. The topological polar surface area (TPSA) is 50.4 Å². The third-order valence-electron chi connectivity index (χ3n) is 2.78. The first-order valence-corrected chi connectivity index (χ1v) is 6.20. The third-order valence-corrected chi connectivity index (χ3v) is 2.78. The van der Waals surface area contributed by atoms with Crippen LogP contribution in [0.1, 0.15) is 17.5 Å². The summed E-state index contributed by atoms with van der Waals surface area (Å²) in [5.74, 6) is -0.0179. The van der Waals surface area contributed by atoms with Gasteiger partial charge >= 0.3 is 0 Å². The van der Waals surface area contributed by atoms with Crippen LogP contribution in [0.2, 0.25) is 0 Å². The summed E-state index contributed by atoms with van der Waals surface area (Å²) in [5.41, 5.74) is 3.26. The molecule has 1 aromatic carbocycles. The van der Waals surface area contributed by atoms with Crippen LogP contribution in [-0.4, -0.2) is 32.7 Å². The summed E-state index contributed by atoms with van der Waals surface area (Å²) in [7, 11) is 1.67. The third kappa shape index (κ3) is 5.29. The van der Waals surface area contributed by atoms with Gasteiger partial charge in [-0.25, -0.2) is 0 Å². The molecule has 0 unspecified atom stereocenters. The molecule has 0 fully saturated rings. The molecule has 0 aromatic heterocycles. The molecule has 1 amide bonds. The molecule has 1 rings (SSSR count). The second kappa shape index (κ2) is 7.84. The van der Waals surface area contributed by atoms with Crippen LogP contribution in [0.3, 0.4) is 0 Å². The average Bonchev–Trinajstić information content (AvgIpc) is 2.34. The fraction of sp³-hybridized carbons (Fsp3) is 0.500. The highest BCUT2D eigenvalue weighted by molar-refractivity contribution is 5.92. The lowest BCUT2D eigenvalue weighted by atomic mass is 10.1. The first-order valence-electron chi connectivity index (χ1n) is 6.20. The van der Waals surface area contributed by atoms with Crippen molar-refractivity contribution in [3.8, 4) is 0 Å². The van der Waals surface area contributed by atoms with Crippen molar-refractivity contribution in [2.45, 2.75) is 20.3 Å². The van der Waals surface area contributed by atoms with Crippen molar-refractivity contribution in [1.29, 1.82) is 0 Å². The second-order valence-electron chi connectivity index (χ2n) is 4.37. The van der Waals surface area contributed by atoms with Crippen molar-refractivity contribution in [3.05, 3.63) is 29.3 Å². The summed E-state index contributed by atoms with van der Waals surface area (Å²) >= 11 is 0. The Morgan fingerprint density at radius 1 is 1.28 bits per heavy atom. The lowest BCUT2D eigenvalue weighted by molar-refractivity contribution is -0.115. The molecule has 0 aliphatic heterocycles. The van der Waals surface area contributed by atoms with E-state index in [0.29, 0.717) is 13.2 Å².